The number of aromatic nitrogens is 1. The van der Waals surface area contributed by atoms with Crippen LogP contribution in [0.15, 0.2) is 54.7 Å². The van der Waals surface area contributed by atoms with E-state index in [-0.39, 0.29) is 5.78 Å². The predicted octanol–water partition coefficient (Wildman–Crippen LogP) is 4.37. The highest BCUT2D eigenvalue weighted by Gasteiger charge is 2.10. The van der Waals surface area contributed by atoms with Gasteiger partial charge in [0.1, 0.15) is 0 Å². The second-order valence-electron chi connectivity index (χ2n) is 6.62. The van der Waals surface area contributed by atoms with Gasteiger partial charge in [0, 0.05) is 29.2 Å². The maximum atomic E-state index is 11.7. The lowest BCUT2D eigenvalue weighted by atomic mass is 10.0. The van der Waals surface area contributed by atoms with Gasteiger partial charge < -0.3 is 10.3 Å². The van der Waals surface area contributed by atoms with Gasteiger partial charge >= 0.3 is 0 Å². The lowest BCUT2D eigenvalue weighted by molar-refractivity contribution is 0.101. The fourth-order valence-electron chi connectivity index (χ4n) is 3.36. The highest BCUT2D eigenvalue weighted by molar-refractivity contribution is 5.98. The summed E-state index contributed by atoms with van der Waals surface area (Å²) in [4.78, 5) is 11.7. The largest absolute Gasteiger partial charge is 0.347 e. The van der Waals surface area contributed by atoms with Crippen LogP contribution in [0.5, 0.6) is 0 Å². The zero-order chi connectivity index (χ0) is 17.6. The molecule has 2 N–H and O–H groups in total. The molecule has 0 atom stereocenters. The van der Waals surface area contributed by atoms with E-state index in [1.807, 2.05) is 12.1 Å². The monoisotopic (exact) mass is 334 g/mol. The molecule has 25 heavy (non-hydrogen) atoms. The Bertz CT molecular complexity index is 849. The Kier molecular flexibility index (Phi) is 5.67. The van der Waals surface area contributed by atoms with Gasteiger partial charge in [-0.05, 0) is 68.5 Å². The molecule has 3 rings (SSSR count). The van der Waals surface area contributed by atoms with Crippen LogP contribution in [0.25, 0.3) is 10.9 Å². The summed E-state index contributed by atoms with van der Waals surface area (Å²) in [7, 11) is 0. The molecule has 0 saturated heterocycles. The van der Waals surface area contributed by atoms with Gasteiger partial charge in [0.2, 0.25) is 0 Å². The van der Waals surface area contributed by atoms with E-state index in [1.54, 1.807) is 6.92 Å². The van der Waals surface area contributed by atoms with E-state index in [0.29, 0.717) is 6.54 Å². The Morgan fingerprint density at radius 2 is 1.84 bits per heavy atom. The van der Waals surface area contributed by atoms with E-state index in [2.05, 4.69) is 47.2 Å². The molecule has 2 aromatic carbocycles. The van der Waals surface area contributed by atoms with Crippen molar-refractivity contribution in [3.8, 4) is 0 Å². The molecule has 0 saturated carbocycles. The van der Waals surface area contributed by atoms with Crippen LogP contribution >= 0.6 is 0 Å². The van der Waals surface area contributed by atoms with Gasteiger partial charge in [0.15, 0.2) is 5.78 Å². The minimum Gasteiger partial charge on any atom is -0.347 e. The number of nitrogens with two attached hydrogens (primary N) is 1. The highest BCUT2D eigenvalue weighted by Crippen LogP contribution is 2.25. The number of hydrogen-bond acceptors (Lipinski definition) is 2. The maximum Gasteiger partial charge on any atom is 0.159 e. The van der Waals surface area contributed by atoms with Gasteiger partial charge in [0.05, 0.1) is 0 Å². The third kappa shape index (κ3) is 4.18. The average molecular weight is 334 g/mol. The smallest absolute Gasteiger partial charge is 0.159 e. The molecule has 0 unspecified atom stereocenters. The third-order valence-electron chi connectivity index (χ3n) is 4.73. The maximum absolute atomic E-state index is 11.7. The SMILES string of the molecule is CC(=O)c1ccc2c(c1)c(CCCN)cn2CCCc1ccccc1. The van der Waals surface area contributed by atoms with E-state index in [9.17, 15) is 4.79 Å². The second kappa shape index (κ2) is 8.13. The molecule has 0 fully saturated rings. The summed E-state index contributed by atoms with van der Waals surface area (Å²) < 4.78 is 2.33. The van der Waals surface area contributed by atoms with Crippen molar-refractivity contribution in [2.45, 2.75) is 39.2 Å². The first-order chi connectivity index (χ1) is 12.2. The van der Waals surface area contributed by atoms with Crippen molar-refractivity contribution in [1.82, 2.24) is 4.57 Å². The number of carbonyl (C=O) groups is 1. The molecule has 3 heteroatoms. The number of carbonyl (C=O) groups excluding carboxylic acids is 1. The van der Waals surface area contributed by atoms with E-state index in [4.69, 9.17) is 5.73 Å². The summed E-state index contributed by atoms with van der Waals surface area (Å²) >= 11 is 0. The van der Waals surface area contributed by atoms with Crippen molar-refractivity contribution in [1.29, 1.82) is 0 Å². The first kappa shape index (κ1) is 17.4. The topological polar surface area (TPSA) is 48.0 Å². The molecule has 0 spiro atoms. The van der Waals surface area contributed by atoms with E-state index in [1.165, 1.54) is 22.0 Å². The predicted molar refractivity (Wildman–Crippen MR) is 104 cm³/mol. The molecule has 1 aromatic heterocycles. The Morgan fingerprint density at radius 1 is 1.04 bits per heavy atom. The van der Waals surface area contributed by atoms with Crippen LogP contribution < -0.4 is 5.73 Å². The van der Waals surface area contributed by atoms with Crippen LogP contribution in [0, 0.1) is 0 Å². The first-order valence-electron chi connectivity index (χ1n) is 9.05. The van der Waals surface area contributed by atoms with Crippen molar-refractivity contribution < 1.29 is 4.79 Å². The molecule has 3 nitrogen and oxygen atoms in total. The number of hydrogen-bond donors (Lipinski definition) is 1. The lowest BCUT2D eigenvalue weighted by Crippen LogP contribution is -2.00. The molecular weight excluding hydrogens is 308 g/mol. The molecule has 0 radical (unpaired) electrons. The molecule has 3 aromatic rings. The first-order valence-corrected chi connectivity index (χ1v) is 9.05. The number of aryl methyl sites for hydroxylation is 3. The Balaban J connectivity index is 1.82. The zero-order valence-corrected chi connectivity index (χ0v) is 14.9. The summed E-state index contributed by atoms with van der Waals surface area (Å²) in [6, 6.07) is 16.7. The van der Waals surface area contributed by atoms with Crippen LogP contribution in [0.4, 0.5) is 0 Å². The van der Waals surface area contributed by atoms with Gasteiger partial charge in [-0.1, -0.05) is 30.3 Å². The number of benzene rings is 2. The summed E-state index contributed by atoms with van der Waals surface area (Å²) in [5.74, 6) is 0.114. The van der Waals surface area contributed by atoms with Gasteiger partial charge in [-0.3, -0.25) is 4.79 Å². The fourth-order valence-corrected chi connectivity index (χ4v) is 3.36. The van der Waals surface area contributed by atoms with Crippen molar-refractivity contribution in [3.05, 3.63) is 71.4 Å². The van der Waals surface area contributed by atoms with Crippen LogP contribution in [-0.4, -0.2) is 16.9 Å². The summed E-state index contributed by atoms with van der Waals surface area (Å²) in [5, 5.41) is 1.20. The quantitative estimate of drug-likeness (QED) is 0.622. The van der Waals surface area contributed by atoms with Gasteiger partial charge in [0.25, 0.3) is 0 Å². The Hall–Kier alpha value is -2.39. The summed E-state index contributed by atoms with van der Waals surface area (Å²) in [5.41, 5.74) is 10.4. The van der Waals surface area contributed by atoms with Crippen molar-refractivity contribution in [2.75, 3.05) is 6.54 Å². The molecule has 0 amide bonds. The van der Waals surface area contributed by atoms with Crippen LogP contribution in [-0.2, 0) is 19.4 Å². The van der Waals surface area contributed by atoms with E-state index in [0.717, 1.165) is 37.8 Å². The normalized spacial score (nSPS) is 11.1. The highest BCUT2D eigenvalue weighted by atomic mass is 16.1. The van der Waals surface area contributed by atoms with Crippen molar-refractivity contribution >= 4 is 16.7 Å². The van der Waals surface area contributed by atoms with Crippen LogP contribution in [0.3, 0.4) is 0 Å². The van der Waals surface area contributed by atoms with Crippen LogP contribution in [0.1, 0.15) is 41.3 Å². The summed E-state index contributed by atoms with van der Waals surface area (Å²) in [6.45, 7) is 3.29. The number of ketones is 1. The molecule has 0 aliphatic rings. The fraction of sp³-hybridized carbons (Fsp3) is 0.318. The third-order valence-corrected chi connectivity index (χ3v) is 4.73. The van der Waals surface area contributed by atoms with Crippen molar-refractivity contribution in [3.63, 3.8) is 0 Å². The Morgan fingerprint density at radius 3 is 2.56 bits per heavy atom. The van der Waals surface area contributed by atoms with Crippen molar-refractivity contribution in [2.24, 2.45) is 5.73 Å². The number of rotatable bonds is 8. The average Bonchev–Trinajstić information content (AvgIpc) is 2.98. The Labute approximate surface area is 149 Å². The second-order valence-corrected chi connectivity index (χ2v) is 6.62. The molecule has 130 valence electrons. The molecule has 0 aliphatic heterocycles. The van der Waals surface area contributed by atoms with Gasteiger partial charge in [-0.25, -0.2) is 0 Å². The molecule has 1 heterocycles. The summed E-state index contributed by atoms with van der Waals surface area (Å²) in [6.07, 6.45) is 6.34. The van der Waals surface area contributed by atoms with E-state index >= 15 is 0 Å². The number of fused-ring (bicyclic) bond motifs is 1. The van der Waals surface area contributed by atoms with Crippen LogP contribution in [0.2, 0.25) is 0 Å². The van der Waals surface area contributed by atoms with E-state index < -0.39 is 0 Å². The van der Waals surface area contributed by atoms with Gasteiger partial charge in [-0.2, -0.15) is 0 Å². The number of nitrogens with zero attached hydrogens (tertiary/aromatic N) is 1. The number of Topliss-reactive ketones (excluding diaryl/α,β-unsaturated/α-hetero) is 1. The minimum absolute atomic E-state index is 0.114. The van der Waals surface area contributed by atoms with Gasteiger partial charge in [-0.15, -0.1) is 0 Å². The molecule has 0 bridgehead atoms. The molecular formula is C22H26N2O. The lowest BCUT2D eigenvalue weighted by Gasteiger charge is -2.06. The standard InChI is InChI=1S/C22H26N2O/c1-17(25)19-11-12-22-21(15-19)20(10-5-13-23)16-24(22)14-6-9-18-7-3-2-4-8-18/h2-4,7-8,11-12,15-16H,5-6,9-10,13-14,23H2,1H3. The zero-order valence-electron chi connectivity index (χ0n) is 14.9. The molecule has 0 aliphatic carbocycles. The minimum atomic E-state index is 0.114.